The molecule has 0 saturated carbocycles. The smallest absolute Gasteiger partial charge is 0.251 e. The second-order valence-corrected chi connectivity index (χ2v) is 9.01. The van der Waals surface area contributed by atoms with Crippen LogP contribution in [0, 0.1) is 12.7 Å². The molecule has 0 aromatic heterocycles. The van der Waals surface area contributed by atoms with Gasteiger partial charge in [0, 0.05) is 22.6 Å². The first kappa shape index (κ1) is 21.1. The van der Waals surface area contributed by atoms with E-state index in [1.807, 2.05) is 44.2 Å². The molecule has 1 heterocycles. The summed E-state index contributed by atoms with van der Waals surface area (Å²) in [5.74, 6) is -0.668. The Morgan fingerprint density at radius 3 is 2.68 bits per heavy atom. The summed E-state index contributed by atoms with van der Waals surface area (Å²) in [5.41, 5.74) is 3.70. The lowest BCUT2D eigenvalue weighted by molar-refractivity contribution is -0.118. The highest BCUT2D eigenvalue weighted by Crippen LogP contribution is 2.40. The average Bonchev–Trinajstić information content (AvgIpc) is 2.76. The zero-order valence-corrected chi connectivity index (χ0v) is 18.2. The molecule has 1 aliphatic heterocycles. The number of thioether (sulfide) groups is 1. The van der Waals surface area contributed by atoms with Gasteiger partial charge in [-0.25, -0.2) is 4.39 Å². The number of benzene rings is 3. The molecule has 4 nitrogen and oxygen atoms in total. The molecule has 2 amide bonds. The number of hydrogen-bond acceptors (Lipinski definition) is 3. The van der Waals surface area contributed by atoms with Crippen LogP contribution in [0.3, 0.4) is 0 Å². The van der Waals surface area contributed by atoms with E-state index in [1.165, 1.54) is 17.8 Å². The summed E-state index contributed by atoms with van der Waals surface area (Å²) < 4.78 is 14.2. The van der Waals surface area contributed by atoms with Crippen LogP contribution in [0.15, 0.2) is 71.6 Å². The van der Waals surface area contributed by atoms with Gasteiger partial charge >= 0.3 is 0 Å². The van der Waals surface area contributed by atoms with Gasteiger partial charge in [-0.2, -0.15) is 0 Å². The summed E-state index contributed by atoms with van der Waals surface area (Å²) in [6.07, 6.45) is 0. The van der Waals surface area contributed by atoms with Crippen molar-refractivity contribution in [1.82, 2.24) is 5.32 Å². The summed E-state index contributed by atoms with van der Waals surface area (Å²) >= 11 is 1.45. The second kappa shape index (κ2) is 8.94. The van der Waals surface area contributed by atoms with Gasteiger partial charge in [0.05, 0.1) is 17.5 Å². The number of anilines is 1. The maximum atomic E-state index is 14.2. The molecule has 1 unspecified atom stereocenters. The summed E-state index contributed by atoms with van der Waals surface area (Å²) in [4.78, 5) is 28.2. The fourth-order valence-corrected chi connectivity index (χ4v) is 4.66. The van der Waals surface area contributed by atoms with E-state index in [9.17, 15) is 14.0 Å². The minimum absolute atomic E-state index is 0.0990. The fraction of sp³-hybridized carbons (Fsp3) is 0.200. The van der Waals surface area contributed by atoms with Gasteiger partial charge in [0.1, 0.15) is 5.82 Å². The van der Waals surface area contributed by atoms with E-state index in [-0.39, 0.29) is 29.4 Å². The topological polar surface area (TPSA) is 49.4 Å². The third kappa shape index (κ3) is 4.64. The van der Waals surface area contributed by atoms with E-state index in [2.05, 4.69) is 5.32 Å². The summed E-state index contributed by atoms with van der Waals surface area (Å²) in [6, 6.07) is 19.7. The average molecular weight is 435 g/mol. The van der Waals surface area contributed by atoms with Gasteiger partial charge in [0.25, 0.3) is 5.91 Å². The van der Waals surface area contributed by atoms with Crippen LogP contribution in [0.5, 0.6) is 0 Å². The van der Waals surface area contributed by atoms with Crippen molar-refractivity contribution in [3.05, 3.63) is 94.8 Å². The van der Waals surface area contributed by atoms with Gasteiger partial charge in [-0.05, 0) is 43.7 Å². The number of rotatable bonds is 5. The van der Waals surface area contributed by atoms with Gasteiger partial charge < -0.3 is 10.2 Å². The zero-order valence-electron chi connectivity index (χ0n) is 17.4. The van der Waals surface area contributed by atoms with Crippen LogP contribution >= 0.6 is 11.8 Å². The normalized spacial score (nSPS) is 15.5. The molecular formula is C25H23FN2O2S. The van der Waals surface area contributed by atoms with Crippen LogP contribution in [0.2, 0.25) is 0 Å². The number of halogens is 1. The quantitative estimate of drug-likeness (QED) is 0.608. The Balaban J connectivity index is 1.59. The number of nitrogens with zero attached hydrogens (tertiary/aromatic N) is 1. The Kier molecular flexibility index (Phi) is 6.09. The molecule has 3 aromatic carbocycles. The lowest BCUT2D eigenvalue weighted by atomic mass is 10.1. The monoisotopic (exact) mass is 434 g/mol. The van der Waals surface area contributed by atoms with Crippen LogP contribution in [-0.4, -0.2) is 17.1 Å². The van der Waals surface area contributed by atoms with Crippen LogP contribution < -0.4 is 10.2 Å². The first-order chi connectivity index (χ1) is 14.9. The minimum atomic E-state index is -0.352. The molecule has 0 saturated heterocycles. The predicted molar refractivity (Wildman–Crippen MR) is 122 cm³/mol. The number of nitrogens with one attached hydrogen (secondary N) is 1. The number of hydrogen-bond donors (Lipinski definition) is 1. The minimum Gasteiger partial charge on any atom is -0.348 e. The summed E-state index contributed by atoms with van der Waals surface area (Å²) in [5, 5.41) is 2.66. The van der Waals surface area contributed by atoms with Gasteiger partial charge in [0.15, 0.2) is 0 Å². The zero-order chi connectivity index (χ0) is 22.0. The standard InChI is InChI=1S/C25H23FN2O2S/c1-16-6-5-7-18(12-16)14-27-24(29)19-10-11-23-22(13-19)28(25(30)17(2)31-23)15-20-8-3-4-9-21(20)26/h3-13,17H,14-15H2,1-2H3,(H,27,29). The van der Waals surface area contributed by atoms with E-state index in [1.54, 1.807) is 35.2 Å². The highest BCUT2D eigenvalue weighted by Gasteiger charge is 2.31. The Labute approximate surface area is 185 Å². The van der Waals surface area contributed by atoms with Gasteiger partial charge in [-0.1, -0.05) is 48.0 Å². The van der Waals surface area contributed by atoms with Crippen molar-refractivity contribution in [3.8, 4) is 0 Å². The highest BCUT2D eigenvalue weighted by molar-refractivity contribution is 8.01. The van der Waals surface area contributed by atoms with Crippen LogP contribution in [0.1, 0.15) is 34.0 Å². The molecule has 31 heavy (non-hydrogen) atoms. The van der Waals surface area contributed by atoms with Crippen molar-refractivity contribution in [2.24, 2.45) is 0 Å². The molecule has 0 aliphatic carbocycles. The first-order valence-corrected chi connectivity index (χ1v) is 11.0. The lowest BCUT2D eigenvalue weighted by Crippen LogP contribution is -2.39. The molecule has 1 N–H and O–H groups in total. The van der Waals surface area contributed by atoms with Crippen molar-refractivity contribution in [2.45, 2.75) is 37.1 Å². The maximum absolute atomic E-state index is 14.2. The lowest BCUT2D eigenvalue weighted by Gasteiger charge is -2.32. The molecular weight excluding hydrogens is 411 g/mol. The SMILES string of the molecule is Cc1cccc(CNC(=O)c2ccc3c(c2)N(Cc2ccccc2F)C(=O)C(C)S3)c1. The van der Waals surface area contributed by atoms with E-state index in [4.69, 9.17) is 0 Å². The number of aryl methyl sites for hydroxylation is 1. The Morgan fingerprint density at radius 1 is 1.10 bits per heavy atom. The first-order valence-electron chi connectivity index (χ1n) is 10.1. The second-order valence-electron chi connectivity index (χ2n) is 7.63. The number of fused-ring (bicyclic) bond motifs is 1. The van der Waals surface area contributed by atoms with Crippen LogP contribution in [0.4, 0.5) is 10.1 Å². The number of carbonyl (C=O) groups is 2. The van der Waals surface area contributed by atoms with Crippen molar-refractivity contribution < 1.29 is 14.0 Å². The molecule has 0 spiro atoms. The van der Waals surface area contributed by atoms with E-state index in [0.29, 0.717) is 23.4 Å². The number of amides is 2. The van der Waals surface area contributed by atoms with Crippen molar-refractivity contribution in [2.75, 3.05) is 4.90 Å². The Bertz CT molecular complexity index is 1150. The summed E-state index contributed by atoms with van der Waals surface area (Å²) in [7, 11) is 0. The fourth-order valence-electron chi connectivity index (χ4n) is 3.61. The van der Waals surface area contributed by atoms with Gasteiger partial charge in [-0.15, -0.1) is 11.8 Å². The molecule has 6 heteroatoms. The van der Waals surface area contributed by atoms with E-state index in [0.717, 1.165) is 16.0 Å². The highest BCUT2D eigenvalue weighted by atomic mass is 32.2. The van der Waals surface area contributed by atoms with Crippen LogP contribution in [0.25, 0.3) is 0 Å². The molecule has 158 valence electrons. The Morgan fingerprint density at radius 2 is 1.90 bits per heavy atom. The number of carbonyl (C=O) groups excluding carboxylic acids is 2. The molecule has 4 rings (SSSR count). The Hall–Kier alpha value is -3.12. The molecule has 3 aromatic rings. The third-order valence-electron chi connectivity index (χ3n) is 5.25. The van der Waals surface area contributed by atoms with E-state index < -0.39 is 0 Å². The van der Waals surface area contributed by atoms with Crippen molar-refractivity contribution in [3.63, 3.8) is 0 Å². The van der Waals surface area contributed by atoms with Gasteiger partial charge in [0.2, 0.25) is 5.91 Å². The maximum Gasteiger partial charge on any atom is 0.251 e. The summed E-state index contributed by atoms with van der Waals surface area (Å²) in [6.45, 7) is 4.39. The largest absolute Gasteiger partial charge is 0.348 e. The van der Waals surface area contributed by atoms with E-state index >= 15 is 0 Å². The van der Waals surface area contributed by atoms with Gasteiger partial charge in [-0.3, -0.25) is 9.59 Å². The molecule has 0 bridgehead atoms. The van der Waals surface area contributed by atoms with Crippen molar-refractivity contribution >= 4 is 29.3 Å². The van der Waals surface area contributed by atoms with Crippen LogP contribution in [-0.2, 0) is 17.9 Å². The molecule has 1 atom stereocenters. The third-order valence-corrected chi connectivity index (χ3v) is 6.41. The molecule has 0 radical (unpaired) electrons. The molecule has 0 fully saturated rings. The molecule has 1 aliphatic rings. The predicted octanol–water partition coefficient (Wildman–Crippen LogP) is 5.09. The van der Waals surface area contributed by atoms with Crippen molar-refractivity contribution in [1.29, 1.82) is 0 Å².